The number of tetrazole rings is 1. The highest BCUT2D eigenvalue weighted by Crippen LogP contribution is 2.37. The number of nitrogen functional groups attached to an aromatic ring is 1. The average molecular weight is 261 g/mol. The molecule has 2 N–H and O–H groups in total. The number of nitrogens with two attached hydrogens (primary N) is 1. The Balaban J connectivity index is 2.01. The van der Waals surface area contributed by atoms with Crippen LogP contribution in [0, 0.1) is 11.7 Å². The molecule has 5 nitrogen and oxygen atoms in total. The van der Waals surface area contributed by atoms with Crippen LogP contribution in [0.3, 0.4) is 0 Å². The summed E-state index contributed by atoms with van der Waals surface area (Å²) >= 11 is 0. The van der Waals surface area contributed by atoms with E-state index in [2.05, 4.69) is 22.4 Å². The van der Waals surface area contributed by atoms with Crippen molar-refractivity contribution < 1.29 is 4.39 Å². The van der Waals surface area contributed by atoms with E-state index in [1.54, 1.807) is 4.68 Å². The van der Waals surface area contributed by atoms with Gasteiger partial charge in [-0.3, -0.25) is 0 Å². The summed E-state index contributed by atoms with van der Waals surface area (Å²) in [4.78, 5) is 0. The van der Waals surface area contributed by atoms with E-state index in [0.717, 1.165) is 0 Å². The van der Waals surface area contributed by atoms with E-state index in [9.17, 15) is 4.39 Å². The highest BCUT2D eigenvalue weighted by Gasteiger charge is 2.28. The molecule has 0 radical (unpaired) electrons. The number of halogens is 1. The highest BCUT2D eigenvalue weighted by molar-refractivity contribution is 5.71. The topological polar surface area (TPSA) is 69.6 Å². The van der Waals surface area contributed by atoms with Crippen LogP contribution in [0.25, 0.3) is 11.4 Å². The standard InChI is InChI=1S/C13H16FN5/c1-8(9-3-2-4-9)19-13(16-17-18-19)11-7-10(14)5-6-12(11)15/h5-9H,2-4,15H2,1H3. The number of hydrogen-bond donors (Lipinski definition) is 1. The van der Waals surface area contributed by atoms with E-state index in [0.29, 0.717) is 23.0 Å². The molecule has 0 bridgehead atoms. The largest absolute Gasteiger partial charge is 0.398 e. The van der Waals surface area contributed by atoms with Crippen LogP contribution in [-0.2, 0) is 0 Å². The molecule has 0 amide bonds. The first-order valence-electron chi connectivity index (χ1n) is 6.50. The van der Waals surface area contributed by atoms with Crippen LogP contribution in [0.1, 0.15) is 32.2 Å². The number of nitrogens with zero attached hydrogens (tertiary/aromatic N) is 4. The van der Waals surface area contributed by atoms with Gasteiger partial charge in [-0.1, -0.05) is 6.42 Å². The summed E-state index contributed by atoms with van der Waals surface area (Å²) in [5, 5.41) is 11.8. The molecular formula is C13H16FN5. The van der Waals surface area contributed by atoms with Gasteiger partial charge in [-0.15, -0.1) is 5.10 Å². The molecule has 19 heavy (non-hydrogen) atoms. The van der Waals surface area contributed by atoms with Crippen molar-refractivity contribution in [3.63, 3.8) is 0 Å². The predicted octanol–water partition coefficient (Wildman–Crippen LogP) is 2.42. The first-order valence-corrected chi connectivity index (χ1v) is 6.50. The zero-order valence-corrected chi connectivity index (χ0v) is 10.8. The summed E-state index contributed by atoms with van der Waals surface area (Å²) in [5.74, 6) is 0.795. The van der Waals surface area contributed by atoms with Crippen LogP contribution in [0.15, 0.2) is 18.2 Å². The summed E-state index contributed by atoms with van der Waals surface area (Å²) in [6.07, 6.45) is 3.65. The molecule has 1 heterocycles. The van der Waals surface area contributed by atoms with Gasteiger partial charge in [-0.05, 0) is 54.3 Å². The maximum absolute atomic E-state index is 13.4. The number of anilines is 1. The smallest absolute Gasteiger partial charge is 0.184 e. The zero-order chi connectivity index (χ0) is 13.4. The third-order valence-corrected chi connectivity index (χ3v) is 3.97. The third-order valence-electron chi connectivity index (χ3n) is 3.97. The Morgan fingerprint density at radius 3 is 2.89 bits per heavy atom. The Labute approximate surface area is 110 Å². The molecular weight excluding hydrogens is 245 g/mol. The molecule has 1 aliphatic carbocycles. The summed E-state index contributed by atoms with van der Waals surface area (Å²) in [6.45, 7) is 2.10. The first kappa shape index (κ1) is 12.1. The van der Waals surface area contributed by atoms with Gasteiger partial charge in [0.25, 0.3) is 0 Å². The zero-order valence-electron chi connectivity index (χ0n) is 10.8. The van der Waals surface area contributed by atoms with Gasteiger partial charge in [0.05, 0.1) is 6.04 Å². The molecule has 0 aliphatic heterocycles. The number of aromatic nitrogens is 4. The Hall–Kier alpha value is -1.98. The molecule has 1 aromatic carbocycles. The van der Waals surface area contributed by atoms with Crippen molar-refractivity contribution in [3.8, 4) is 11.4 Å². The molecule has 1 atom stereocenters. The van der Waals surface area contributed by atoms with Crippen molar-refractivity contribution in [1.82, 2.24) is 20.2 Å². The van der Waals surface area contributed by atoms with Gasteiger partial charge in [0.2, 0.25) is 0 Å². The quantitative estimate of drug-likeness (QED) is 0.861. The van der Waals surface area contributed by atoms with E-state index in [4.69, 9.17) is 5.73 Å². The minimum atomic E-state index is -0.338. The Morgan fingerprint density at radius 2 is 2.21 bits per heavy atom. The van der Waals surface area contributed by atoms with Crippen LogP contribution >= 0.6 is 0 Å². The van der Waals surface area contributed by atoms with E-state index >= 15 is 0 Å². The lowest BCUT2D eigenvalue weighted by atomic mass is 9.80. The van der Waals surface area contributed by atoms with Gasteiger partial charge in [-0.25, -0.2) is 9.07 Å². The molecule has 1 unspecified atom stereocenters. The van der Waals surface area contributed by atoms with Crippen molar-refractivity contribution >= 4 is 5.69 Å². The number of hydrogen-bond acceptors (Lipinski definition) is 4. The lowest BCUT2D eigenvalue weighted by Gasteiger charge is -2.31. The second-order valence-electron chi connectivity index (χ2n) is 5.11. The maximum Gasteiger partial charge on any atom is 0.184 e. The van der Waals surface area contributed by atoms with Crippen molar-refractivity contribution in [2.45, 2.75) is 32.2 Å². The van der Waals surface area contributed by atoms with Crippen LogP contribution in [0.2, 0.25) is 0 Å². The highest BCUT2D eigenvalue weighted by atomic mass is 19.1. The lowest BCUT2D eigenvalue weighted by molar-refractivity contribution is 0.210. The second kappa shape index (κ2) is 4.60. The molecule has 3 rings (SSSR count). The Kier molecular flexibility index (Phi) is 2.93. The normalized spacial score (nSPS) is 17.2. The van der Waals surface area contributed by atoms with Gasteiger partial charge in [0.1, 0.15) is 5.82 Å². The molecule has 100 valence electrons. The molecule has 2 aromatic rings. The lowest BCUT2D eigenvalue weighted by Crippen LogP contribution is -2.24. The molecule has 1 saturated carbocycles. The maximum atomic E-state index is 13.4. The third kappa shape index (κ3) is 2.07. The minimum absolute atomic E-state index is 0.210. The van der Waals surface area contributed by atoms with Crippen LogP contribution in [0.4, 0.5) is 10.1 Å². The van der Waals surface area contributed by atoms with Crippen molar-refractivity contribution in [2.24, 2.45) is 5.92 Å². The van der Waals surface area contributed by atoms with Gasteiger partial charge in [-0.2, -0.15) is 0 Å². The van der Waals surface area contributed by atoms with E-state index < -0.39 is 0 Å². The Bertz CT molecular complexity index is 590. The summed E-state index contributed by atoms with van der Waals surface area (Å²) in [7, 11) is 0. The summed E-state index contributed by atoms with van der Waals surface area (Å²) in [5.41, 5.74) is 6.93. The van der Waals surface area contributed by atoms with E-state index in [-0.39, 0.29) is 11.9 Å². The van der Waals surface area contributed by atoms with Gasteiger partial charge in [0.15, 0.2) is 5.82 Å². The monoisotopic (exact) mass is 261 g/mol. The number of benzene rings is 1. The molecule has 6 heteroatoms. The van der Waals surface area contributed by atoms with Gasteiger partial charge in [0, 0.05) is 11.3 Å². The fourth-order valence-electron chi connectivity index (χ4n) is 2.49. The molecule has 1 aliphatic rings. The van der Waals surface area contributed by atoms with Gasteiger partial charge >= 0.3 is 0 Å². The molecule has 0 saturated heterocycles. The average Bonchev–Trinajstić information content (AvgIpc) is 2.78. The summed E-state index contributed by atoms with van der Waals surface area (Å²) < 4.78 is 15.1. The molecule has 1 fully saturated rings. The van der Waals surface area contributed by atoms with Gasteiger partial charge < -0.3 is 5.73 Å². The van der Waals surface area contributed by atoms with Crippen molar-refractivity contribution in [1.29, 1.82) is 0 Å². The second-order valence-corrected chi connectivity index (χ2v) is 5.11. The minimum Gasteiger partial charge on any atom is -0.398 e. The van der Waals surface area contributed by atoms with Crippen LogP contribution < -0.4 is 5.73 Å². The molecule has 1 aromatic heterocycles. The fourth-order valence-corrected chi connectivity index (χ4v) is 2.49. The van der Waals surface area contributed by atoms with E-state index in [1.807, 2.05) is 0 Å². The predicted molar refractivity (Wildman–Crippen MR) is 69.7 cm³/mol. The summed E-state index contributed by atoms with van der Waals surface area (Å²) in [6, 6.07) is 4.46. The SMILES string of the molecule is CC(C1CCC1)n1nnnc1-c1cc(F)ccc1N. The fraction of sp³-hybridized carbons (Fsp3) is 0.462. The van der Waals surface area contributed by atoms with Crippen molar-refractivity contribution in [2.75, 3.05) is 5.73 Å². The van der Waals surface area contributed by atoms with Crippen LogP contribution in [0.5, 0.6) is 0 Å². The number of rotatable bonds is 3. The molecule has 0 spiro atoms. The van der Waals surface area contributed by atoms with Crippen LogP contribution in [-0.4, -0.2) is 20.2 Å². The first-order chi connectivity index (χ1) is 9.16. The van der Waals surface area contributed by atoms with E-state index in [1.165, 1.54) is 37.5 Å². The Morgan fingerprint density at radius 1 is 1.42 bits per heavy atom. The van der Waals surface area contributed by atoms with Crippen molar-refractivity contribution in [3.05, 3.63) is 24.0 Å².